The van der Waals surface area contributed by atoms with Gasteiger partial charge in [-0.3, -0.25) is 4.99 Å². The summed E-state index contributed by atoms with van der Waals surface area (Å²) in [6.45, 7) is 6.33. The van der Waals surface area contributed by atoms with Crippen LogP contribution < -0.4 is 4.80 Å². The summed E-state index contributed by atoms with van der Waals surface area (Å²) in [5.41, 5.74) is 3.35. The van der Waals surface area contributed by atoms with Crippen LogP contribution in [0.2, 0.25) is 0 Å². The standard InChI is InChI=1S/C20H18BrN3O2S/c1-13(2)10-22-20-24(23-11-15-5-8-17(25)9-19(15)26)18(12-27-20)14-3-6-16(21)7-4-14/h3-9,11-12,25-26H,1,10H2,2H3. The zero-order valence-corrected chi connectivity index (χ0v) is 17.0. The fraction of sp³-hybridized carbons (Fsp3) is 0.100. The van der Waals surface area contributed by atoms with E-state index in [1.54, 1.807) is 17.0 Å². The lowest BCUT2D eigenvalue weighted by molar-refractivity contribution is 0.450. The van der Waals surface area contributed by atoms with Crippen LogP contribution in [0.3, 0.4) is 0 Å². The Bertz CT molecular complexity index is 1070. The Kier molecular flexibility index (Phi) is 5.93. The molecule has 0 spiro atoms. The van der Waals surface area contributed by atoms with Gasteiger partial charge in [0.2, 0.25) is 4.80 Å². The largest absolute Gasteiger partial charge is 0.508 e. The third-order valence-corrected chi connectivity index (χ3v) is 5.02. The van der Waals surface area contributed by atoms with Crippen LogP contribution in [-0.2, 0) is 0 Å². The van der Waals surface area contributed by atoms with Gasteiger partial charge in [-0.1, -0.05) is 40.2 Å². The molecule has 1 aromatic heterocycles. The highest BCUT2D eigenvalue weighted by atomic mass is 79.9. The zero-order chi connectivity index (χ0) is 19.4. The minimum atomic E-state index is -0.0415. The minimum absolute atomic E-state index is 0.000495. The molecule has 3 rings (SSSR count). The summed E-state index contributed by atoms with van der Waals surface area (Å²) in [7, 11) is 0. The monoisotopic (exact) mass is 443 g/mol. The molecule has 0 saturated heterocycles. The van der Waals surface area contributed by atoms with Crippen molar-refractivity contribution in [3.8, 4) is 22.8 Å². The van der Waals surface area contributed by atoms with Crippen LogP contribution in [0.15, 0.2) is 74.6 Å². The highest BCUT2D eigenvalue weighted by molar-refractivity contribution is 9.10. The van der Waals surface area contributed by atoms with Crippen molar-refractivity contribution >= 4 is 33.5 Å². The number of hydrogen-bond acceptors (Lipinski definition) is 5. The van der Waals surface area contributed by atoms with Crippen LogP contribution in [0, 0.1) is 0 Å². The van der Waals surface area contributed by atoms with E-state index >= 15 is 0 Å². The van der Waals surface area contributed by atoms with Gasteiger partial charge in [0.1, 0.15) is 11.5 Å². The van der Waals surface area contributed by atoms with Crippen molar-refractivity contribution < 1.29 is 10.2 Å². The second kappa shape index (κ2) is 8.37. The smallest absolute Gasteiger partial charge is 0.206 e. The molecule has 0 atom stereocenters. The predicted octanol–water partition coefficient (Wildman–Crippen LogP) is 4.75. The Labute approximate surface area is 169 Å². The Hall–Kier alpha value is -2.64. The molecule has 0 fully saturated rings. The number of benzene rings is 2. The first kappa shape index (κ1) is 19.1. The van der Waals surface area contributed by atoms with Gasteiger partial charge in [-0.25, -0.2) is 4.68 Å². The molecule has 1 heterocycles. The highest BCUT2D eigenvalue weighted by Crippen LogP contribution is 2.24. The van der Waals surface area contributed by atoms with Crippen LogP contribution in [0.4, 0.5) is 0 Å². The van der Waals surface area contributed by atoms with Gasteiger partial charge in [0.15, 0.2) is 0 Å². The van der Waals surface area contributed by atoms with Gasteiger partial charge in [0.25, 0.3) is 0 Å². The van der Waals surface area contributed by atoms with Gasteiger partial charge >= 0.3 is 0 Å². The molecule has 0 saturated carbocycles. The molecule has 0 radical (unpaired) electrons. The van der Waals surface area contributed by atoms with Gasteiger partial charge < -0.3 is 10.2 Å². The lowest BCUT2D eigenvalue weighted by Gasteiger charge is -2.05. The Morgan fingerprint density at radius 1 is 1.22 bits per heavy atom. The Balaban J connectivity index is 2.08. The molecule has 0 aliphatic heterocycles. The lowest BCUT2D eigenvalue weighted by atomic mass is 10.2. The van der Waals surface area contributed by atoms with Gasteiger partial charge in [-0.15, -0.1) is 11.3 Å². The van der Waals surface area contributed by atoms with E-state index in [4.69, 9.17) is 0 Å². The molecular formula is C20H18BrN3O2S. The maximum atomic E-state index is 9.98. The summed E-state index contributed by atoms with van der Waals surface area (Å²) in [6, 6.07) is 12.3. The first-order chi connectivity index (χ1) is 12.9. The number of thiazole rings is 1. The molecule has 27 heavy (non-hydrogen) atoms. The van der Waals surface area contributed by atoms with Crippen molar-refractivity contribution in [1.82, 2.24) is 4.68 Å². The molecular weight excluding hydrogens is 426 g/mol. The molecule has 5 nitrogen and oxygen atoms in total. The van der Waals surface area contributed by atoms with E-state index in [9.17, 15) is 10.2 Å². The number of aromatic hydroxyl groups is 2. The van der Waals surface area contributed by atoms with E-state index < -0.39 is 0 Å². The van der Waals surface area contributed by atoms with E-state index in [2.05, 4.69) is 32.6 Å². The van der Waals surface area contributed by atoms with Crippen LogP contribution >= 0.6 is 27.3 Å². The fourth-order valence-corrected chi connectivity index (χ4v) is 3.40. The van der Waals surface area contributed by atoms with E-state index in [1.165, 1.54) is 23.5 Å². The summed E-state index contributed by atoms with van der Waals surface area (Å²) < 4.78 is 2.74. The topological polar surface area (TPSA) is 70.1 Å². The second-order valence-electron chi connectivity index (χ2n) is 5.98. The van der Waals surface area contributed by atoms with Crippen LogP contribution in [0.1, 0.15) is 12.5 Å². The first-order valence-electron chi connectivity index (χ1n) is 8.12. The maximum Gasteiger partial charge on any atom is 0.206 e. The summed E-state index contributed by atoms with van der Waals surface area (Å²) in [6.07, 6.45) is 1.55. The van der Waals surface area contributed by atoms with E-state index in [0.717, 1.165) is 26.1 Å². The average Bonchev–Trinajstić information content (AvgIpc) is 3.03. The third-order valence-electron chi connectivity index (χ3n) is 3.64. The van der Waals surface area contributed by atoms with Gasteiger partial charge in [0.05, 0.1) is 18.5 Å². The molecule has 7 heteroatoms. The normalized spacial score (nSPS) is 12.0. The molecule has 2 N–H and O–H groups in total. The number of halogens is 1. The fourth-order valence-electron chi connectivity index (χ4n) is 2.30. The minimum Gasteiger partial charge on any atom is -0.508 e. The summed E-state index contributed by atoms with van der Waals surface area (Å²) in [5, 5.41) is 25.9. The van der Waals surface area contributed by atoms with Crippen LogP contribution in [0.25, 0.3) is 11.3 Å². The second-order valence-corrected chi connectivity index (χ2v) is 7.74. The number of hydrogen-bond donors (Lipinski definition) is 2. The summed E-state index contributed by atoms with van der Waals surface area (Å²) in [5.74, 6) is -0.0410. The summed E-state index contributed by atoms with van der Waals surface area (Å²) >= 11 is 4.93. The number of aromatic nitrogens is 1. The van der Waals surface area contributed by atoms with Gasteiger partial charge in [0, 0.05) is 27.0 Å². The van der Waals surface area contributed by atoms with Crippen molar-refractivity contribution in [2.45, 2.75) is 6.92 Å². The molecule has 0 unspecified atom stereocenters. The van der Waals surface area contributed by atoms with Crippen molar-refractivity contribution in [2.75, 3.05) is 6.54 Å². The Morgan fingerprint density at radius 3 is 2.63 bits per heavy atom. The lowest BCUT2D eigenvalue weighted by Crippen LogP contribution is -2.13. The predicted molar refractivity (Wildman–Crippen MR) is 113 cm³/mol. The molecule has 0 aliphatic rings. The van der Waals surface area contributed by atoms with E-state index in [1.807, 2.05) is 36.6 Å². The molecule has 2 aromatic carbocycles. The number of rotatable bonds is 5. The zero-order valence-electron chi connectivity index (χ0n) is 14.6. The van der Waals surface area contributed by atoms with Gasteiger partial charge in [-0.2, -0.15) is 5.10 Å². The highest BCUT2D eigenvalue weighted by Gasteiger charge is 2.08. The Morgan fingerprint density at radius 2 is 1.96 bits per heavy atom. The maximum absolute atomic E-state index is 9.98. The molecule has 0 aliphatic carbocycles. The van der Waals surface area contributed by atoms with Crippen molar-refractivity contribution in [3.05, 3.63) is 74.8 Å². The SMILES string of the molecule is C=C(C)CN=c1scc(-c2ccc(Br)cc2)n1N=Cc1ccc(O)cc1O. The molecule has 138 valence electrons. The average molecular weight is 444 g/mol. The summed E-state index contributed by atoms with van der Waals surface area (Å²) in [4.78, 5) is 5.30. The van der Waals surface area contributed by atoms with Crippen LogP contribution in [0.5, 0.6) is 11.5 Å². The third kappa shape index (κ3) is 4.75. The molecule has 3 aromatic rings. The van der Waals surface area contributed by atoms with E-state index in [-0.39, 0.29) is 11.5 Å². The van der Waals surface area contributed by atoms with Gasteiger partial charge in [-0.05, 0) is 31.2 Å². The molecule has 0 bridgehead atoms. The van der Waals surface area contributed by atoms with Crippen molar-refractivity contribution in [1.29, 1.82) is 0 Å². The van der Waals surface area contributed by atoms with Crippen molar-refractivity contribution in [3.63, 3.8) is 0 Å². The van der Waals surface area contributed by atoms with Crippen molar-refractivity contribution in [2.24, 2.45) is 10.1 Å². The number of phenolic OH excluding ortho intramolecular Hbond substituents is 2. The van der Waals surface area contributed by atoms with Crippen LogP contribution in [-0.4, -0.2) is 27.6 Å². The number of nitrogens with zero attached hydrogens (tertiary/aromatic N) is 3. The first-order valence-corrected chi connectivity index (χ1v) is 9.79. The molecule has 0 amide bonds. The van der Waals surface area contributed by atoms with E-state index in [0.29, 0.717) is 12.1 Å². The number of phenols is 2. The quantitative estimate of drug-likeness (QED) is 0.441.